The summed E-state index contributed by atoms with van der Waals surface area (Å²) in [7, 11) is 0. The van der Waals surface area contributed by atoms with Crippen LogP contribution in [0.25, 0.3) is 0 Å². The van der Waals surface area contributed by atoms with E-state index in [9.17, 15) is 4.79 Å². The summed E-state index contributed by atoms with van der Waals surface area (Å²) < 4.78 is 5.40. The second kappa shape index (κ2) is 4.88. The Morgan fingerprint density at radius 2 is 2.00 bits per heavy atom. The second-order valence-corrected chi connectivity index (χ2v) is 5.30. The lowest BCUT2D eigenvalue weighted by Gasteiger charge is -2.17. The predicted molar refractivity (Wildman–Crippen MR) is 66.1 cm³/mol. The second-order valence-electron chi connectivity index (χ2n) is 4.90. The predicted octanol–water partition coefficient (Wildman–Crippen LogP) is 3.64. The van der Waals surface area contributed by atoms with Crippen molar-refractivity contribution in [1.29, 1.82) is 0 Å². The molecule has 1 aromatic rings. The molecule has 16 heavy (non-hydrogen) atoms. The molecule has 88 valence electrons. The molecule has 0 atom stereocenters. The highest BCUT2D eigenvalue weighted by Crippen LogP contribution is 2.25. The Morgan fingerprint density at radius 3 is 2.50 bits per heavy atom. The van der Waals surface area contributed by atoms with Crippen molar-refractivity contribution in [2.45, 2.75) is 27.7 Å². The number of carbonyl (C=O) groups excluding carboxylic acids is 1. The molecule has 0 bridgehead atoms. The van der Waals surface area contributed by atoms with Crippen LogP contribution in [0, 0.1) is 12.3 Å². The third-order valence-corrected chi connectivity index (χ3v) is 2.58. The first-order valence-corrected chi connectivity index (χ1v) is 5.61. The molecule has 0 aliphatic heterocycles. The summed E-state index contributed by atoms with van der Waals surface area (Å²) in [5.74, 6) is 0.619. The third kappa shape index (κ3) is 3.53. The SMILES string of the molecule is Cc1ccc(OCC(=O)C(C)(C)C)c(Cl)c1. The quantitative estimate of drug-likeness (QED) is 0.806. The van der Waals surface area contributed by atoms with Crippen molar-refractivity contribution < 1.29 is 9.53 Å². The highest BCUT2D eigenvalue weighted by molar-refractivity contribution is 6.32. The molecule has 0 fully saturated rings. The summed E-state index contributed by atoms with van der Waals surface area (Å²) in [4.78, 5) is 11.6. The molecule has 1 rings (SSSR count). The van der Waals surface area contributed by atoms with Crippen LogP contribution in [0.3, 0.4) is 0 Å². The molecular formula is C13H17ClO2. The maximum atomic E-state index is 11.6. The number of ketones is 1. The van der Waals surface area contributed by atoms with Crippen molar-refractivity contribution in [3.05, 3.63) is 28.8 Å². The largest absolute Gasteiger partial charge is 0.484 e. The Hall–Kier alpha value is -1.02. The van der Waals surface area contributed by atoms with E-state index in [2.05, 4.69) is 0 Å². The monoisotopic (exact) mass is 240 g/mol. The molecule has 0 saturated carbocycles. The minimum atomic E-state index is -0.378. The van der Waals surface area contributed by atoms with E-state index in [-0.39, 0.29) is 17.8 Å². The van der Waals surface area contributed by atoms with E-state index in [0.29, 0.717) is 10.8 Å². The minimum absolute atomic E-state index is 0.0594. The molecule has 0 spiro atoms. The first-order chi connectivity index (χ1) is 7.30. The van der Waals surface area contributed by atoms with Crippen LogP contribution < -0.4 is 4.74 Å². The lowest BCUT2D eigenvalue weighted by molar-refractivity contribution is -0.128. The highest BCUT2D eigenvalue weighted by Gasteiger charge is 2.21. The number of halogens is 1. The number of hydrogen-bond acceptors (Lipinski definition) is 2. The fourth-order valence-corrected chi connectivity index (χ4v) is 1.37. The highest BCUT2D eigenvalue weighted by atomic mass is 35.5. The Balaban J connectivity index is 2.65. The lowest BCUT2D eigenvalue weighted by Crippen LogP contribution is -2.26. The normalized spacial score (nSPS) is 11.3. The Kier molecular flexibility index (Phi) is 3.98. The van der Waals surface area contributed by atoms with Crippen LogP contribution in [0.5, 0.6) is 5.75 Å². The lowest BCUT2D eigenvalue weighted by atomic mass is 9.91. The molecular weight excluding hydrogens is 224 g/mol. The number of carbonyl (C=O) groups is 1. The Labute approximate surface area is 102 Å². The standard InChI is InChI=1S/C13H17ClO2/c1-9-5-6-11(10(14)7-9)16-8-12(15)13(2,3)4/h5-7H,8H2,1-4H3. The van der Waals surface area contributed by atoms with Gasteiger partial charge in [-0.1, -0.05) is 38.4 Å². The molecule has 3 heteroatoms. The van der Waals surface area contributed by atoms with E-state index >= 15 is 0 Å². The Bertz CT molecular complexity index is 391. The maximum absolute atomic E-state index is 11.6. The van der Waals surface area contributed by atoms with Gasteiger partial charge in [0.15, 0.2) is 5.78 Å². The van der Waals surface area contributed by atoms with Crippen molar-refractivity contribution in [3.63, 3.8) is 0 Å². The van der Waals surface area contributed by atoms with Crippen LogP contribution in [-0.2, 0) is 4.79 Å². The summed E-state index contributed by atoms with van der Waals surface area (Å²) in [5.41, 5.74) is 0.691. The number of ether oxygens (including phenoxy) is 1. The van der Waals surface area contributed by atoms with Crippen LogP contribution in [0.15, 0.2) is 18.2 Å². The molecule has 0 unspecified atom stereocenters. The molecule has 0 N–H and O–H groups in total. The number of rotatable bonds is 3. The van der Waals surface area contributed by atoms with Crippen LogP contribution in [0.4, 0.5) is 0 Å². The first-order valence-electron chi connectivity index (χ1n) is 5.23. The molecule has 1 aromatic carbocycles. The van der Waals surface area contributed by atoms with Gasteiger partial charge in [0.2, 0.25) is 0 Å². The molecule has 0 aliphatic rings. The smallest absolute Gasteiger partial charge is 0.175 e. The van der Waals surface area contributed by atoms with E-state index in [4.69, 9.17) is 16.3 Å². The van der Waals surface area contributed by atoms with Gasteiger partial charge in [-0.15, -0.1) is 0 Å². The molecule has 0 aromatic heterocycles. The molecule has 0 saturated heterocycles. The number of aryl methyl sites for hydroxylation is 1. The van der Waals surface area contributed by atoms with Gasteiger partial charge in [-0.2, -0.15) is 0 Å². The van der Waals surface area contributed by atoms with Gasteiger partial charge in [0, 0.05) is 5.41 Å². The molecule has 0 aliphatic carbocycles. The molecule has 0 radical (unpaired) electrons. The van der Waals surface area contributed by atoms with E-state index in [0.717, 1.165) is 5.56 Å². The van der Waals surface area contributed by atoms with Gasteiger partial charge in [-0.05, 0) is 24.6 Å². The summed E-state index contributed by atoms with van der Waals surface area (Å²) in [6, 6.07) is 5.51. The number of benzene rings is 1. The summed E-state index contributed by atoms with van der Waals surface area (Å²) in [6.07, 6.45) is 0. The average molecular weight is 241 g/mol. The summed E-state index contributed by atoms with van der Waals surface area (Å²) in [6.45, 7) is 7.63. The summed E-state index contributed by atoms with van der Waals surface area (Å²) in [5, 5.41) is 0.543. The zero-order valence-corrected chi connectivity index (χ0v) is 10.9. The molecule has 2 nitrogen and oxygen atoms in total. The minimum Gasteiger partial charge on any atom is -0.484 e. The Morgan fingerprint density at radius 1 is 1.38 bits per heavy atom. The van der Waals surface area contributed by atoms with Gasteiger partial charge in [-0.3, -0.25) is 4.79 Å². The van der Waals surface area contributed by atoms with Crippen LogP contribution >= 0.6 is 11.6 Å². The zero-order valence-electron chi connectivity index (χ0n) is 10.1. The van der Waals surface area contributed by atoms with Gasteiger partial charge >= 0.3 is 0 Å². The van der Waals surface area contributed by atoms with Crippen molar-refractivity contribution >= 4 is 17.4 Å². The average Bonchev–Trinajstić information content (AvgIpc) is 2.14. The van der Waals surface area contributed by atoms with Gasteiger partial charge in [-0.25, -0.2) is 0 Å². The van der Waals surface area contributed by atoms with Gasteiger partial charge in [0.25, 0.3) is 0 Å². The van der Waals surface area contributed by atoms with Crippen molar-refractivity contribution in [1.82, 2.24) is 0 Å². The van der Waals surface area contributed by atoms with Crippen molar-refractivity contribution in [3.8, 4) is 5.75 Å². The zero-order chi connectivity index (χ0) is 12.3. The number of hydrogen-bond donors (Lipinski definition) is 0. The first kappa shape index (κ1) is 13.0. The molecule has 0 heterocycles. The topological polar surface area (TPSA) is 26.3 Å². The van der Waals surface area contributed by atoms with E-state index in [1.54, 1.807) is 6.07 Å². The maximum Gasteiger partial charge on any atom is 0.175 e. The fraction of sp³-hybridized carbons (Fsp3) is 0.462. The van der Waals surface area contributed by atoms with Crippen LogP contribution in [-0.4, -0.2) is 12.4 Å². The van der Waals surface area contributed by atoms with E-state index in [1.807, 2.05) is 39.8 Å². The van der Waals surface area contributed by atoms with Gasteiger partial charge < -0.3 is 4.74 Å². The number of Topliss-reactive ketones (excluding diaryl/α,β-unsaturated/α-hetero) is 1. The third-order valence-electron chi connectivity index (χ3n) is 2.28. The van der Waals surface area contributed by atoms with E-state index in [1.165, 1.54) is 0 Å². The van der Waals surface area contributed by atoms with Crippen molar-refractivity contribution in [2.24, 2.45) is 5.41 Å². The van der Waals surface area contributed by atoms with Crippen molar-refractivity contribution in [2.75, 3.05) is 6.61 Å². The molecule has 0 amide bonds. The van der Waals surface area contributed by atoms with E-state index < -0.39 is 0 Å². The van der Waals surface area contributed by atoms with Gasteiger partial charge in [0.1, 0.15) is 12.4 Å². The van der Waals surface area contributed by atoms with Crippen LogP contribution in [0.1, 0.15) is 26.3 Å². The summed E-state index contributed by atoms with van der Waals surface area (Å²) >= 11 is 5.99. The van der Waals surface area contributed by atoms with Gasteiger partial charge in [0.05, 0.1) is 5.02 Å². The van der Waals surface area contributed by atoms with Crippen LogP contribution in [0.2, 0.25) is 5.02 Å². The fourth-order valence-electron chi connectivity index (χ4n) is 1.08.